The Labute approximate surface area is 163 Å². The van der Waals surface area contributed by atoms with Crippen LogP contribution in [0, 0.1) is 12.3 Å². The summed E-state index contributed by atoms with van der Waals surface area (Å²) >= 11 is 0. The van der Waals surface area contributed by atoms with Gasteiger partial charge in [-0.1, -0.05) is 0 Å². The molecule has 6 heteroatoms. The Morgan fingerprint density at radius 2 is 1.93 bits per heavy atom. The molecule has 0 bridgehead atoms. The molecule has 0 radical (unpaired) electrons. The Morgan fingerprint density at radius 3 is 2.56 bits per heavy atom. The summed E-state index contributed by atoms with van der Waals surface area (Å²) in [6.07, 6.45) is 8.03. The zero-order valence-electron chi connectivity index (χ0n) is 17.3. The van der Waals surface area contributed by atoms with Crippen LogP contribution in [0.15, 0.2) is 6.20 Å². The first-order valence-corrected chi connectivity index (χ1v) is 10.7. The molecule has 1 spiro atoms. The molecule has 3 aliphatic heterocycles. The van der Waals surface area contributed by atoms with Crippen LogP contribution in [0.25, 0.3) is 0 Å². The lowest BCUT2D eigenvalue weighted by Crippen LogP contribution is -2.42. The van der Waals surface area contributed by atoms with Gasteiger partial charge in [-0.2, -0.15) is 5.10 Å². The summed E-state index contributed by atoms with van der Waals surface area (Å²) < 4.78 is 2.04. The number of amides is 1. The molecule has 1 atom stereocenters. The molecule has 4 heterocycles. The molecule has 3 saturated heterocycles. The second-order valence-corrected chi connectivity index (χ2v) is 9.04. The molecule has 0 aromatic carbocycles. The van der Waals surface area contributed by atoms with Gasteiger partial charge in [-0.3, -0.25) is 19.3 Å². The van der Waals surface area contributed by atoms with E-state index in [1.54, 1.807) is 0 Å². The summed E-state index contributed by atoms with van der Waals surface area (Å²) in [5.74, 6) is 0.386. The quantitative estimate of drug-likeness (QED) is 0.811. The zero-order chi connectivity index (χ0) is 19.0. The van der Waals surface area contributed by atoms with Crippen molar-refractivity contribution in [3.63, 3.8) is 0 Å². The maximum Gasteiger partial charge on any atom is 0.239 e. The number of nitrogens with zero attached hydrogens (tertiary/aromatic N) is 5. The summed E-state index contributed by atoms with van der Waals surface area (Å²) in [5.41, 5.74) is 2.86. The molecule has 3 fully saturated rings. The first-order valence-electron chi connectivity index (χ1n) is 10.7. The fraction of sp³-hybridized carbons (Fsp3) is 0.810. The van der Waals surface area contributed by atoms with Crippen LogP contribution in [0.1, 0.15) is 50.3 Å². The Kier molecular flexibility index (Phi) is 5.30. The van der Waals surface area contributed by atoms with Gasteiger partial charge in [0.05, 0.1) is 11.7 Å². The fourth-order valence-electron chi connectivity index (χ4n) is 5.36. The molecule has 6 nitrogen and oxygen atoms in total. The number of likely N-dealkylation sites (tertiary alicyclic amines) is 3. The highest BCUT2D eigenvalue weighted by molar-refractivity contribution is 5.82. The molecule has 1 unspecified atom stereocenters. The molecule has 0 aliphatic carbocycles. The van der Waals surface area contributed by atoms with E-state index in [2.05, 4.69) is 46.9 Å². The SMILES string of the molecule is CCn1cc(CN2CCC3(CC2)CC(C(=O)N2CCCC2)N(C)C3)c(C)n1. The van der Waals surface area contributed by atoms with Crippen molar-refractivity contribution in [2.24, 2.45) is 5.41 Å². The Balaban J connectivity index is 1.34. The largest absolute Gasteiger partial charge is 0.341 e. The van der Waals surface area contributed by atoms with Crippen molar-refractivity contribution < 1.29 is 4.79 Å². The first-order chi connectivity index (χ1) is 13.0. The molecule has 150 valence electrons. The second-order valence-electron chi connectivity index (χ2n) is 9.04. The summed E-state index contributed by atoms with van der Waals surface area (Å²) in [6.45, 7) is 11.5. The predicted molar refractivity (Wildman–Crippen MR) is 106 cm³/mol. The minimum atomic E-state index is 0.111. The molecule has 0 N–H and O–H groups in total. The van der Waals surface area contributed by atoms with Crippen molar-refractivity contribution >= 4 is 5.91 Å². The van der Waals surface area contributed by atoms with Gasteiger partial charge in [-0.25, -0.2) is 0 Å². The molecule has 4 rings (SSSR count). The van der Waals surface area contributed by atoms with E-state index in [-0.39, 0.29) is 6.04 Å². The molecular formula is C21H35N5O. The van der Waals surface area contributed by atoms with E-state index in [4.69, 9.17) is 0 Å². The smallest absolute Gasteiger partial charge is 0.239 e. The van der Waals surface area contributed by atoms with E-state index in [0.29, 0.717) is 11.3 Å². The van der Waals surface area contributed by atoms with Gasteiger partial charge in [0.2, 0.25) is 5.91 Å². The third kappa shape index (κ3) is 3.79. The van der Waals surface area contributed by atoms with E-state index < -0.39 is 0 Å². The normalized spacial score (nSPS) is 26.3. The molecule has 27 heavy (non-hydrogen) atoms. The number of aromatic nitrogens is 2. The van der Waals surface area contributed by atoms with Crippen LogP contribution in [-0.4, -0.2) is 76.2 Å². The molecular weight excluding hydrogens is 338 g/mol. The van der Waals surface area contributed by atoms with Crippen LogP contribution in [0.3, 0.4) is 0 Å². The lowest BCUT2D eigenvalue weighted by Gasteiger charge is -2.39. The van der Waals surface area contributed by atoms with E-state index in [0.717, 1.165) is 57.9 Å². The Hall–Kier alpha value is -1.40. The Morgan fingerprint density at radius 1 is 1.22 bits per heavy atom. The van der Waals surface area contributed by atoms with Gasteiger partial charge in [-0.05, 0) is 71.5 Å². The zero-order valence-corrected chi connectivity index (χ0v) is 17.3. The summed E-state index contributed by atoms with van der Waals surface area (Å²) in [4.78, 5) is 19.9. The minimum Gasteiger partial charge on any atom is -0.341 e. The third-order valence-corrected chi connectivity index (χ3v) is 7.13. The summed E-state index contributed by atoms with van der Waals surface area (Å²) in [7, 11) is 2.16. The maximum absolute atomic E-state index is 12.9. The number of carbonyl (C=O) groups excluding carboxylic acids is 1. The van der Waals surface area contributed by atoms with Crippen LogP contribution in [0.4, 0.5) is 0 Å². The van der Waals surface area contributed by atoms with Gasteiger partial charge in [0.15, 0.2) is 0 Å². The lowest BCUT2D eigenvalue weighted by atomic mass is 9.76. The van der Waals surface area contributed by atoms with Gasteiger partial charge in [0, 0.05) is 44.5 Å². The fourth-order valence-corrected chi connectivity index (χ4v) is 5.36. The van der Waals surface area contributed by atoms with Crippen molar-refractivity contribution in [3.8, 4) is 0 Å². The van der Waals surface area contributed by atoms with Gasteiger partial charge >= 0.3 is 0 Å². The highest BCUT2D eigenvalue weighted by Gasteiger charge is 2.47. The van der Waals surface area contributed by atoms with Crippen molar-refractivity contribution in [2.45, 2.75) is 65.1 Å². The van der Waals surface area contributed by atoms with Gasteiger partial charge in [0.25, 0.3) is 0 Å². The van der Waals surface area contributed by atoms with Crippen LogP contribution < -0.4 is 0 Å². The van der Waals surface area contributed by atoms with Crippen molar-refractivity contribution in [1.29, 1.82) is 0 Å². The third-order valence-electron chi connectivity index (χ3n) is 7.13. The average molecular weight is 374 g/mol. The van der Waals surface area contributed by atoms with Gasteiger partial charge < -0.3 is 4.90 Å². The highest BCUT2D eigenvalue weighted by atomic mass is 16.2. The maximum atomic E-state index is 12.9. The van der Waals surface area contributed by atoms with Crippen molar-refractivity contribution in [1.82, 2.24) is 24.5 Å². The van der Waals surface area contributed by atoms with Crippen LogP contribution in [-0.2, 0) is 17.9 Å². The number of hydrogen-bond acceptors (Lipinski definition) is 4. The van der Waals surface area contributed by atoms with Crippen molar-refractivity contribution in [2.75, 3.05) is 39.8 Å². The number of piperidine rings is 1. The van der Waals surface area contributed by atoms with Crippen LogP contribution >= 0.6 is 0 Å². The van der Waals surface area contributed by atoms with E-state index >= 15 is 0 Å². The van der Waals surface area contributed by atoms with E-state index in [1.807, 2.05) is 4.68 Å². The number of rotatable bonds is 4. The van der Waals surface area contributed by atoms with Gasteiger partial charge in [0.1, 0.15) is 0 Å². The van der Waals surface area contributed by atoms with Crippen molar-refractivity contribution in [3.05, 3.63) is 17.5 Å². The van der Waals surface area contributed by atoms with E-state index in [9.17, 15) is 4.79 Å². The number of carbonyl (C=O) groups is 1. The molecule has 1 amide bonds. The lowest BCUT2D eigenvalue weighted by molar-refractivity contribution is -0.134. The summed E-state index contributed by atoms with van der Waals surface area (Å²) in [6, 6.07) is 0.111. The molecule has 0 saturated carbocycles. The van der Waals surface area contributed by atoms with Crippen LogP contribution in [0.5, 0.6) is 0 Å². The average Bonchev–Trinajstić information content (AvgIpc) is 3.37. The number of likely N-dealkylation sites (N-methyl/N-ethyl adjacent to an activating group) is 1. The standard InChI is InChI=1S/C21H35N5O/c1-4-26-15-18(17(2)22-26)14-24-11-7-21(8-12-24)13-19(23(3)16-21)20(27)25-9-5-6-10-25/h15,19H,4-14,16H2,1-3H3. The number of aryl methyl sites for hydroxylation is 2. The molecule has 3 aliphatic rings. The monoisotopic (exact) mass is 373 g/mol. The Bertz CT molecular complexity index is 670. The van der Waals surface area contributed by atoms with Crippen LogP contribution in [0.2, 0.25) is 0 Å². The second kappa shape index (κ2) is 7.55. The molecule has 1 aromatic rings. The van der Waals surface area contributed by atoms with E-state index in [1.165, 1.54) is 31.2 Å². The highest BCUT2D eigenvalue weighted by Crippen LogP contribution is 2.43. The topological polar surface area (TPSA) is 44.6 Å². The van der Waals surface area contributed by atoms with Gasteiger partial charge in [-0.15, -0.1) is 0 Å². The summed E-state index contributed by atoms with van der Waals surface area (Å²) in [5, 5.41) is 4.58. The predicted octanol–water partition coefficient (Wildman–Crippen LogP) is 2.12. The first kappa shape index (κ1) is 18.9. The number of hydrogen-bond donors (Lipinski definition) is 0. The minimum absolute atomic E-state index is 0.111. The molecule has 1 aromatic heterocycles.